The molecule has 1 aliphatic rings. The Kier molecular flexibility index (Phi) is 4.45. The number of halogens is 3. The van der Waals surface area contributed by atoms with Crippen LogP contribution in [0.1, 0.15) is 12.0 Å². The topological polar surface area (TPSA) is 84.8 Å². The fourth-order valence-corrected chi connectivity index (χ4v) is 4.89. The van der Waals surface area contributed by atoms with Crippen LogP contribution in [0.15, 0.2) is 42.9 Å². The van der Waals surface area contributed by atoms with Gasteiger partial charge in [-0.05, 0) is 24.1 Å². The van der Waals surface area contributed by atoms with E-state index in [4.69, 9.17) is 0 Å². The summed E-state index contributed by atoms with van der Waals surface area (Å²) < 4.78 is 61.7. The van der Waals surface area contributed by atoms with Gasteiger partial charge in [0, 0.05) is 30.2 Å². The molecule has 3 heterocycles. The van der Waals surface area contributed by atoms with Crippen molar-refractivity contribution in [3.63, 3.8) is 0 Å². The van der Waals surface area contributed by atoms with Crippen LogP contribution in [-0.2, 0) is 16.0 Å². The molecule has 3 aromatic rings. The number of hydrogen-bond acceptors (Lipinski definition) is 6. The van der Waals surface area contributed by atoms with E-state index in [1.165, 1.54) is 30.7 Å². The van der Waals surface area contributed by atoms with E-state index in [0.717, 1.165) is 12.1 Å². The van der Waals surface area contributed by atoms with E-state index in [1.807, 2.05) is 0 Å². The lowest BCUT2D eigenvalue weighted by Gasteiger charge is -2.14. The van der Waals surface area contributed by atoms with Gasteiger partial charge in [-0.15, -0.1) is 0 Å². The Balaban J connectivity index is 1.72. The zero-order valence-corrected chi connectivity index (χ0v) is 15.3. The minimum Gasteiger partial charge on any atom is -0.364 e. The predicted molar refractivity (Wildman–Crippen MR) is 98.5 cm³/mol. The summed E-state index contributed by atoms with van der Waals surface area (Å²) in [6.07, 6.45) is 0.544. The first kappa shape index (κ1) is 18.6. The van der Waals surface area contributed by atoms with Gasteiger partial charge in [0.15, 0.2) is 15.7 Å². The maximum atomic E-state index is 12.8. The van der Waals surface area contributed by atoms with Crippen LogP contribution >= 0.6 is 0 Å². The van der Waals surface area contributed by atoms with Gasteiger partial charge in [-0.25, -0.2) is 18.4 Å². The molecule has 2 aromatic heterocycles. The van der Waals surface area contributed by atoms with Crippen LogP contribution < -0.4 is 5.32 Å². The van der Waals surface area contributed by atoms with Crippen molar-refractivity contribution in [2.24, 2.45) is 0 Å². The van der Waals surface area contributed by atoms with Crippen molar-refractivity contribution in [2.75, 3.05) is 16.8 Å². The first-order valence-electron chi connectivity index (χ1n) is 8.47. The first-order chi connectivity index (χ1) is 13.2. The largest absolute Gasteiger partial charge is 0.416 e. The fourth-order valence-electron chi connectivity index (χ4n) is 3.22. The third-order valence-corrected chi connectivity index (χ3v) is 6.36. The molecule has 1 aliphatic heterocycles. The first-order valence-corrected chi connectivity index (χ1v) is 10.3. The number of alkyl halides is 3. The zero-order chi connectivity index (χ0) is 19.9. The monoisotopic (exact) mass is 408 g/mol. The number of nitrogens with one attached hydrogen (secondary N) is 1. The van der Waals surface area contributed by atoms with Crippen molar-refractivity contribution in [1.82, 2.24) is 15.0 Å². The standard InChI is InChI=1S/C18H15F3N4O2S/c19-18(20,21)12-3-1-11(2-4-12)14-9-24-17(16-15(14)22-6-7-23-16)25-13-5-8-28(26,27)10-13/h1-4,6-7,9,13H,5,8,10H2,(H,24,25)/t13-/m0/s1. The maximum Gasteiger partial charge on any atom is 0.416 e. The van der Waals surface area contributed by atoms with Crippen molar-refractivity contribution >= 4 is 26.7 Å². The van der Waals surface area contributed by atoms with Gasteiger partial charge in [-0.1, -0.05) is 12.1 Å². The van der Waals surface area contributed by atoms with E-state index in [0.29, 0.717) is 34.4 Å². The predicted octanol–water partition coefficient (Wildman–Crippen LogP) is 3.31. The van der Waals surface area contributed by atoms with E-state index < -0.39 is 21.6 Å². The Morgan fingerprint density at radius 2 is 1.68 bits per heavy atom. The maximum absolute atomic E-state index is 12.8. The number of benzene rings is 1. The van der Waals surface area contributed by atoms with Gasteiger partial charge in [0.2, 0.25) is 0 Å². The molecule has 0 amide bonds. The van der Waals surface area contributed by atoms with Crippen molar-refractivity contribution < 1.29 is 21.6 Å². The number of anilines is 1. The molecule has 146 valence electrons. The van der Waals surface area contributed by atoms with Crippen LogP contribution in [0, 0.1) is 0 Å². The van der Waals surface area contributed by atoms with Gasteiger partial charge >= 0.3 is 6.18 Å². The lowest BCUT2D eigenvalue weighted by atomic mass is 10.0. The second-order valence-corrected chi connectivity index (χ2v) is 8.82. The Hall–Kier alpha value is -2.75. The molecule has 1 aromatic carbocycles. The van der Waals surface area contributed by atoms with Gasteiger partial charge in [0.25, 0.3) is 0 Å². The number of sulfone groups is 1. The molecule has 10 heteroatoms. The molecule has 0 unspecified atom stereocenters. The van der Waals surface area contributed by atoms with Crippen LogP contribution in [0.2, 0.25) is 0 Å². The summed E-state index contributed by atoms with van der Waals surface area (Å²) in [7, 11) is -3.05. The minimum absolute atomic E-state index is 0.0249. The molecule has 0 bridgehead atoms. The highest BCUT2D eigenvalue weighted by Gasteiger charge is 2.30. The van der Waals surface area contributed by atoms with Crippen LogP contribution in [0.5, 0.6) is 0 Å². The summed E-state index contributed by atoms with van der Waals surface area (Å²) in [5, 5.41) is 3.11. The second-order valence-electron chi connectivity index (χ2n) is 6.59. The number of hydrogen-bond donors (Lipinski definition) is 1. The van der Waals surface area contributed by atoms with E-state index >= 15 is 0 Å². The SMILES string of the molecule is O=S1(=O)CC[C@H](Nc2ncc(-c3ccc(C(F)(F)F)cc3)c3nccnc23)C1. The van der Waals surface area contributed by atoms with Crippen molar-refractivity contribution in [1.29, 1.82) is 0 Å². The third-order valence-electron chi connectivity index (χ3n) is 4.60. The van der Waals surface area contributed by atoms with Gasteiger partial charge < -0.3 is 5.32 Å². The van der Waals surface area contributed by atoms with E-state index in [-0.39, 0.29) is 17.5 Å². The Morgan fingerprint density at radius 1 is 1.00 bits per heavy atom. The number of pyridine rings is 1. The van der Waals surface area contributed by atoms with Crippen LogP contribution in [0.4, 0.5) is 19.0 Å². The molecule has 0 saturated carbocycles. The van der Waals surface area contributed by atoms with Crippen LogP contribution in [0.25, 0.3) is 22.2 Å². The van der Waals surface area contributed by atoms with Gasteiger partial charge in [0.1, 0.15) is 11.0 Å². The molecule has 0 spiro atoms. The Bertz CT molecular complexity index is 1130. The minimum atomic E-state index is -4.41. The van der Waals surface area contributed by atoms with Gasteiger partial charge in [-0.2, -0.15) is 13.2 Å². The van der Waals surface area contributed by atoms with Gasteiger partial charge in [0.05, 0.1) is 17.1 Å². The second kappa shape index (κ2) is 6.69. The van der Waals surface area contributed by atoms with Crippen molar-refractivity contribution in [3.05, 3.63) is 48.4 Å². The summed E-state index contributed by atoms with van der Waals surface area (Å²) in [5.41, 5.74) is 1.24. The number of nitrogens with zero attached hydrogens (tertiary/aromatic N) is 3. The Morgan fingerprint density at radius 3 is 2.29 bits per heavy atom. The van der Waals surface area contributed by atoms with Crippen molar-refractivity contribution in [2.45, 2.75) is 18.6 Å². The molecule has 28 heavy (non-hydrogen) atoms. The summed E-state index contributed by atoms with van der Waals surface area (Å²) in [5.74, 6) is 0.551. The molecule has 1 atom stereocenters. The van der Waals surface area contributed by atoms with Crippen LogP contribution in [-0.4, -0.2) is 40.9 Å². The summed E-state index contributed by atoms with van der Waals surface area (Å²) in [6.45, 7) is 0. The van der Waals surface area contributed by atoms with Gasteiger partial charge in [-0.3, -0.25) is 4.98 Å². The highest BCUT2D eigenvalue weighted by atomic mass is 32.2. The third kappa shape index (κ3) is 3.64. The molecule has 1 N–H and O–H groups in total. The summed E-state index contributed by atoms with van der Waals surface area (Å²) in [6, 6.07) is 4.48. The molecular weight excluding hydrogens is 393 g/mol. The molecule has 0 radical (unpaired) electrons. The highest BCUT2D eigenvalue weighted by molar-refractivity contribution is 7.91. The zero-order valence-electron chi connectivity index (χ0n) is 14.4. The number of aromatic nitrogens is 3. The molecule has 1 saturated heterocycles. The fraction of sp³-hybridized carbons (Fsp3) is 0.278. The summed E-state index contributed by atoms with van der Waals surface area (Å²) in [4.78, 5) is 12.9. The summed E-state index contributed by atoms with van der Waals surface area (Å²) >= 11 is 0. The molecule has 6 nitrogen and oxygen atoms in total. The molecule has 1 fully saturated rings. The lowest BCUT2D eigenvalue weighted by molar-refractivity contribution is -0.137. The lowest BCUT2D eigenvalue weighted by Crippen LogP contribution is -2.21. The average Bonchev–Trinajstić information content (AvgIpc) is 3.00. The quantitative estimate of drug-likeness (QED) is 0.716. The van der Waals surface area contributed by atoms with E-state index in [1.54, 1.807) is 0 Å². The Labute approximate surface area is 158 Å². The molecular formula is C18H15F3N4O2S. The average molecular weight is 408 g/mol. The number of fused-ring (bicyclic) bond motifs is 1. The van der Waals surface area contributed by atoms with E-state index in [9.17, 15) is 21.6 Å². The van der Waals surface area contributed by atoms with Crippen LogP contribution in [0.3, 0.4) is 0 Å². The highest BCUT2D eigenvalue weighted by Crippen LogP contribution is 2.33. The molecule has 0 aliphatic carbocycles. The number of rotatable bonds is 3. The normalized spacial score (nSPS) is 19.0. The van der Waals surface area contributed by atoms with E-state index in [2.05, 4.69) is 20.3 Å². The van der Waals surface area contributed by atoms with Crippen molar-refractivity contribution in [3.8, 4) is 11.1 Å². The molecule has 4 rings (SSSR count). The smallest absolute Gasteiger partial charge is 0.364 e.